The van der Waals surface area contributed by atoms with E-state index in [2.05, 4.69) is 15.1 Å². The highest BCUT2D eigenvalue weighted by Gasteiger charge is 2.07. The summed E-state index contributed by atoms with van der Waals surface area (Å²) in [7, 11) is 0. The quantitative estimate of drug-likeness (QED) is 0.522. The Bertz CT molecular complexity index is 402. The molecule has 0 spiro atoms. The van der Waals surface area contributed by atoms with E-state index in [0.717, 1.165) is 0 Å². The fourth-order valence-corrected chi connectivity index (χ4v) is 0.656. The van der Waals surface area contributed by atoms with Crippen molar-refractivity contribution >= 4 is 17.6 Å². The first-order valence-electron chi connectivity index (χ1n) is 3.95. The van der Waals surface area contributed by atoms with Crippen LogP contribution >= 0.6 is 0 Å². The van der Waals surface area contributed by atoms with Crippen molar-refractivity contribution < 1.29 is 14.7 Å². The monoisotopic (exact) mass is 208 g/mol. The van der Waals surface area contributed by atoms with Gasteiger partial charge >= 0.3 is 5.97 Å². The maximum atomic E-state index is 11.3. The van der Waals surface area contributed by atoms with Crippen molar-refractivity contribution in [2.24, 2.45) is 5.10 Å². The largest absolute Gasteiger partial charge is 0.477 e. The molecule has 0 saturated heterocycles. The summed E-state index contributed by atoms with van der Waals surface area (Å²) in [4.78, 5) is 29.0. The molecule has 1 aromatic heterocycles. The van der Waals surface area contributed by atoms with E-state index >= 15 is 0 Å². The molecule has 0 radical (unpaired) electrons. The predicted molar refractivity (Wildman–Crippen MR) is 50.2 cm³/mol. The van der Waals surface area contributed by atoms with Crippen molar-refractivity contribution in [2.45, 2.75) is 6.92 Å². The van der Waals surface area contributed by atoms with Crippen molar-refractivity contribution in [1.29, 1.82) is 0 Å². The summed E-state index contributed by atoms with van der Waals surface area (Å²) >= 11 is 0. The number of carbonyl (C=O) groups excluding carboxylic acids is 1. The zero-order valence-corrected chi connectivity index (χ0v) is 7.84. The normalized spacial score (nSPS) is 10.9. The lowest BCUT2D eigenvalue weighted by atomic mass is 10.4. The number of aliphatic carboxylic acids is 1. The van der Waals surface area contributed by atoms with Gasteiger partial charge < -0.3 is 5.11 Å². The Kier molecular flexibility index (Phi) is 3.44. The van der Waals surface area contributed by atoms with Crippen molar-refractivity contribution in [2.75, 3.05) is 0 Å². The number of nitrogens with one attached hydrogen (secondary N) is 1. The highest BCUT2D eigenvalue weighted by atomic mass is 16.4. The van der Waals surface area contributed by atoms with E-state index in [1.165, 1.54) is 25.5 Å². The Morgan fingerprint density at radius 1 is 1.47 bits per heavy atom. The van der Waals surface area contributed by atoms with E-state index in [4.69, 9.17) is 5.11 Å². The first-order chi connectivity index (χ1) is 7.11. The summed E-state index contributed by atoms with van der Waals surface area (Å²) in [5.41, 5.74) is 1.90. The number of carboxylic acid groups (broad SMARTS) is 1. The van der Waals surface area contributed by atoms with Crippen molar-refractivity contribution in [3.63, 3.8) is 0 Å². The summed E-state index contributed by atoms with van der Waals surface area (Å²) in [6, 6.07) is 0. The standard InChI is InChI=1S/C8H8N4O3/c1-5(8(14)15)11-12-7(13)6-4-9-2-3-10-6/h2-4H,1H3,(H,12,13)(H,14,15)/b11-5-. The Balaban J connectivity index is 2.66. The second-order valence-corrected chi connectivity index (χ2v) is 2.53. The number of hydrogen-bond acceptors (Lipinski definition) is 5. The van der Waals surface area contributed by atoms with E-state index in [9.17, 15) is 9.59 Å². The second-order valence-electron chi connectivity index (χ2n) is 2.53. The maximum absolute atomic E-state index is 11.3. The lowest BCUT2D eigenvalue weighted by molar-refractivity contribution is -0.129. The van der Waals surface area contributed by atoms with E-state index in [0.29, 0.717) is 0 Å². The number of nitrogens with zero attached hydrogens (tertiary/aromatic N) is 3. The van der Waals surface area contributed by atoms with Gasteiger partial charge in [-0.25, -0.2) is 15.2 Å². The summed E-state index contributed by atoms with van der Waals surface area (Å²) in [5.74, 6) is -1.81. The number of carboxylic acids is 1. The van der Waals surface area contributed by atoms with Crippen LogP contribution < -0.4 is 5.43 Å². The van der Waals surface area contributed by atoms with Crippen LogP contribution in [-0.2, 0) is 4.79 Å². The van der Waals surface area contributed by atoms with E-state index < -0.39 is 11.9 Å². The molecule has 1 amide bonds. The lowest BCUT2D eigenvalue weighted by Crippen LogP contribution is -2.22. The second kappa shape index (κ2) is 4.80. The van der Waals surface area contributed by atoms with Crippen LogP contribution in [0.3, 0.4) is 0 Å². The average molecular weight is 208 g/mol. The number of rotatable bonds is 3. The van der Waals surface area contributed by atoms with Gasteiger partial charge in [0.2, 0.25) is 0 Å². The summed E-state index contributed by atoms with van der Waals surface area (Å²) in [5, 5.41) is 11.8. The smallest absolute Gasteiger partial charge is 0.351 e. The molecule has 0 saturated carbocycles. The van der Waals surface area contributed by atoms with E-state index in [-0.39, 0.29) is 11.4 Å². The molecule has 0 aromatic carbocycles. The number of hydrazone groups is 1. The molecule has 1 rings (SSSR count). The Morgan fingerprint density at radius 2 is 2.20 bits per heavy atom. The third-order valence-electron chi connectivity index (χ3n) is 1.43. The van der Waals surface area contributed by atoms with Crippen LogP contribution in [0.1, 0.15) is 17.4 Å². The Labute approximate surface area is 84.9 Å². The van der Waals surface area contributed by atoms with Gasteiger partial charge in [-0.3, -0.25) is 9.78 Å². The number of amides is 1. The van der Waals surface area contributed by atoms with E-state index in [1.807, 2.05) is 5.43 Å². The summed E-state index contributed by atoms with van der Waals surface area (Å²) in [6.45, 7) is 1.26. The van der Waals surface area contributed by atoms with Gasteiger partial charge in [0.05, 0.1) is 6.20 Å². The third kappa shape index (κ3) is 3.14. The van der Waals surface area contributed by atoms with Gasteiger partial charge in [0, 0.05) is 12.4 Å². The highest BCUT2D eigenvalue weighted by molar-refractivity contribution is 6.34. The van der Waals surface area contributed by atoms with Gasteiger partial charge in [-0.1, -0.05) is 0 Å². The van der Waals surface area contributed by atoms with Crippen molar-refractivity contribution in [3.8, 4) is 0 Å². The predicted octanol–water partition coefficient (Wildman–Crippen LogP) is -0.333. The molecule has 78 valence electrons. The minimum atomic E-state index is -1.20. The van der Waals surface area contributed by atoms with Crippen molar-refractivity contribution in [1.82, 2.24) is 15.4 Å². The molecule has 0 aliphatic rings. The summed E-state index contributed by atoms with van der Waals surface area (Å²) in [6.07, 6.45) is 4.02. The van der Waals surface area contributed by atoms with Gasteiger partial charge in [0.15, 0.2) is 0 Å². The van der Waals surface area contributed by atoms with Crippen LogP contribution in [0, 0.1) is 0 Å². The number of carbonyl (C=O) groups is 2. The molecule has 0 fully saturated rings. The van der Waals surface area contributed by atoms with Crippen LogP contribution in [0.5, 0.6) is 0 Å². The molecule has 1 heterocycles. The molecule has 0 bridgehead atoms. The highest BCUT2D eigenvalue weighted by Crippen LogP contribution is 1.89. The maximum Gasteiger partial charge on any atom is 0.351 e. The van der Waals surface area contributed by atoms with Crippen molar-refractivity contribution in [3.05, 3.63) is 24.3 Å². The number of hydrogen-bond donors (Lipinski definition) is 2. The molecule has 7 nitrogen and oxygen atoms in total. The molecule has 7 heteroatoms. The first kappa shape index (κ1) is 10.8. The molecule has 0 aliphatic heterocycles. The van der Waals surface area contributed by atoms with Crippen LogP contribution in [0.15, 0.2) is 23.7 Å². The van der Waals surface area contributed by atoms with Gasteiger partial charge in [-0.15, -0.1) is 0 Å². The third-order valence-corrected chi connectivity index (χ3v) is 1.43. The van der Waals surface area contributed by atoms with Gasteiger partial charge in [-0.2, -0.15) is 5.10 Å². The van der Waals surface area contributed by atoms with E-state index in [1.54, 1.807) is 0 Å². The van der Waals surface area contributed by atoms with Crippen LogP contribution in [0.2, 0.25) is 0 Å². The molecule has 2 N–H and O–H groups in total. The Morgan fingerprint density at radius 3 is 2.73 bits per heavy atom. The molecule has 15 heavy (non-hydrogen) atoms. The van der Waals surface area contributed by atoms with Crippen LogP contribution in [0.4, 0.5) is 0 Å². The molecule has 0 unspecified atom stereocenters. The molecule has 0 atom stereocenters. The average Bonchev–Trinajstić information content (AvgIpc) is 2.26. The van der Waals surface area contributed by atoms with Gasteiger partial charge in [-0.05, 0) is 6.92 Å². The van der Waals surface area contributed by atoms with Crippen LogP contribution in [0.25, 0.3) is 0 Å². The topological polar surface area (TPSA) is 105 Å². The minimum Gasteiger partial charge on any atom is -0.477 e. The fraction of sp³-hybridized carbons (Fsp3) is 0.125. The fourth-order valence-electron chi connectivity index (χ4n) is 0.656. The minimum absolute atomic E-state index is 0.0689. The Hall–Kier alpha value is -2.31. The molecular formula is C8H8N4O3. The molecular weight excluding hydrogens is 200 g/mol. The van der Waals surface area contributed by atoms with Gasteiger partial charge in [0.1, 0.15) is 11.4 Å². The molecule has 1 aromatic rings. The summed E-state index contributed by atoms with van der Waals surface area (Å²) < 4.78 is 0. The molecule has 0 aliphatic carbocycles. The first-order valence-corrected chi connectivity index (χ1v) is 3.95. The SMILES string of the molecule is C/C(=N/NC(=O)c1cnccn1)C(=O)O. The lowest BCUT2D eigenvalue weighted by Gasteiger charge is -1.98. The number of aromatic nitrogens is 2. The zero-order valence-electron chi connectivity index (χ0n) is 7.84. The zero-order chi connectivity index (χ0) is 11.3. The van der Waals surface area contributed by atoms with Gasteiger partial charge in [0.25, 0.3) is 5.91 Å². The van der Waals surface area contributed by atoms with Crippen LogP contribution in [-0.4, -0.2) is 32.7 Å².